The number of rotatable bonds is 6. The first-order valence-corrected chi connectivity index (χ1v) is 12.7. The van der Waals surface area contributed by atoms with Crippen LogP contribution in [0.25, 0.3) is 22.2 Å². The van der Waals surface area contributed by atoms with Gasteiger partial charge in [-0.3, -0.25) is 4.98 Å². The van der Waals surface area contributed by atoms with Crippen molar-refractivity contribution in [2.24, 2.45) is 5.73 Å². The van der Waals surface area contributed by atoms with Crippen LogP contribution in [-0.2, 0) is 12.1 Å². The molecule has 0 amide bonds. The van der Waals surface area contributed by atoms with Crippen LogP contribution in [0.1, 0.15) is 27.9 Å². The summed E-state index contributed by atoms with van der Waals surface area (Å²) in [5, 5.41) is 6.41. The van der Waals surface area contributed by atoms with Crippen molar-refractivity contribution in [3.8, 4) is 11.3 Å². The Labute approximate surface area is 222 Å². The summed E-state index contributed by atoms with van der Waals surface area (Å²) in [7, 11) is 0. The van der Waals surface area contributed by atoms with Gasteiger partial charge in [-0.15, -0.1) is 0 Å². The van der Waals surface area contributed by atoms with Crippen LogP contribution in [0.2, 0.25) is 0 Å². The van der Waals surface area contributed by atoms with Gasteiger partial charge in [0.1, 0.15) is 11.2 Å². The normalized spacial score (nSPS) is 11.6. The molecule has 0 saturated carbocycles. The lowest BCUT2D eigenvalue weighted by Crippen LogP contribution is -2.38. The van der Waals surface area contributed by atoms with Crippen LogP contribution in [0, 0.1) is 6.92 Å². The van der Waals surface area contributed by atoms with Gasteiger partial charge in [0.2, 0.25) is 0 Å². The second kappa shape index (κ2) is 9.61. The molecular weight excluding hydrogens is 466 g/mol. The fourth-order valence-corrected chi connectivity index (χ4v) is 5.47. The largest absolute Gasteiger partial charge is 0.398 e. The zero-order valence-corrected chi connectivity index (χ0v) is 21.3. The SMILES string of the molecule is Cc1cc(-c2nn(C(c3ccccc3)(c3ccccc3)c3ccccc3)c3cc(N)c(CN)cc23)ccn1. The van der Waals surface area contributed by atoms with E-state index >= 15 is 0 Å². The van der Waals surface area contributed by atoms with E-state index in [-0.39, 0.29) is 0 Å². The minimum Gasteiger partial charge on any atom is -0.398 e. The summed E-state index contributed by atoms with van der Waals surface area (Å²) in [4.78, 5) is 4.42. The van der Waals surface area contributed by atoms with Gasteiger partial charge in [-0.25, -0.2) is 4.68 Å². The highest BCUT2D eigenvalue weighted by molar-refractivity contribution is 5.96. The van der Waals surface area contributed by atoms with E-state index in [1.807, 2.05) is 43.5 Å². The maximum Gasteiger partial charge on any atom is 0.138 e. The van der Waals surface area contributed by atoms with E-state index in [9.17, 15) is 0 Å². The highest BCUT2D eigenvalue weighted by Crippen LogP contribution is 2.44. The van der Waals surface area contributed by atoms with Gasteiger partial charge in [-0.2, -0.15) is 5.10 Å². The van der Waals surface area contributed by atoms with E-state index in [1.54, 1.807) is 0 Å². The molecular formula is C33H29N5. The molecule has 0 saturated heterocycles. The molecule has 0 aliphatic heterocycles. The molecule has 38 heavy (non-hydrogen) atoms. The second-order valence-corrected chi connectivity index (χ2v) is 9.53. The number of pyridine rings is 1. The standard InChI is InChI=1S/C33H29N5/c1-23-19-24(17-18-36-23)32-29-20-25(22-34)30(35)21-31(29)38(37-32)33(26-11-5-2-6-12-26,27-13-7-3-8-14-27)28-15-9-4-10-16-28/h2-21H,22,34-35H2,1H3. The molecule has 0 aliphatic carbocycles. The second-order valence-electron chi connectivity index (χ2n) is 9.53. The summed E-state index contributed by atoms with van der Waals surface area (Å²) in [6.07, 6.45) is 1.83. The quantitative estimate of drug-likeness (QED) is 0.210. The molecule has 0 spiro atoms. The third-order valence-electron chi connectivity index (χ3n) is 7.22. The van der Waals surface area contributed by atoms with Crippen molar-refractivity contribution in [2.45, 2.75) is 19.0 Å². The molecule has 6 aromatic rings. The maximum atomic E-state index is 6.57. The lowest BCUT2D eigenvalue weighted by atomic mass is 9.77. The molecule has 186 valence electrons. The number of nitrogen functional groups attached to an aromatic ring is 1. The van der Waals surface area contributed by atoms with E-state index in [4.69, 9.17) is 16.6 Å². The average Bonchev–Trinajstić information content (AvgIpc) is 3.33. The molecule has 0 aliphatic rings. The zero-order chi connectivity index (χ0) is 26.1. The van der Waals surface area contributed by atoms with E-state index in [0.717, 1.165) is 50.1 Å². The van der Waals surface area contributed by atoms with Gasteiger partial charge in [-0.05, 0) is 53.4 Å². The Morgan fingerprint density at radius 2 is 1.29 bits per heavy atom. The lowest BCUT2D eigenvalue weighted by molar-refractivity contribution is 0.477. The number of nitrogens with zero attached hydrogens (tertiary/aromatic N) is 3. The maximum absolute atomic E-state index is 6.57. The highest BCUT2D eigenvalue weighted by Gasteiger charge is 2.41. The predicted molar refractivity (Wildman–Crippen MR) is 155 cm³/mol. The minimum absolute atomic E-state index is 0.350. The van der Waals surface area contributed by atoms with Gasteiger partial charge in [0, 0.05) is 35.1 Å². The van der Waals surface area contributed by atoms with Crippen LogP contribution in [-0.4, -0.2) is 14.8 Å². The minimum atomic E-state index is -0.765. The third kappa shape index (κ3) is 3.76. The molecule has 0 bridgehead atoms. The van der Waals surface area contributed by atoms with Crippen LogP contribution in [0.15, 0.2) is 121 Å². The van der Waals surface area contributed by atoms with E-state index in [2.05, 4.69) is 94.6 Å². The van der Waals surface area contributed by atoms with Gasteiger partial charge < -0.3 is 11.5 Å². The van der Waals surface area contributed by atoms with Crippen LogP contribution in [0.5, 0.6) is 0 Å². The fourth-order valence-electron chi connectivity index (χ4n) is 5.47. The molecule has 0 radical (unpaired) electrons. The first-order chi connectivity index (χ1) is 18.6. The number of hydrogen-bond acceptors (Lipinski definition) is 4. The van der Waals surface area contributed by atoms with E-state index in [0.29, 0.717) is 12.2 Å². The Balaban J connectivity index is 1.82. The number of nitrogens with two attached hydrogens (primary N) is 2. The van der Waals surface area contributed by atoms with Gasteiger partial charge in [0.25, 0.3) is 0 Å². The molecule has 0 atom stereocenters. The van der Waals surface area contributed by atoms with Crippen molar-refractivity contribution < 1.29 is 0 Å². The number of benzene rings is 4. The third-order valence-corrected chi connectivity index (χ3v) is 7.22. The van der Waals surface area contributed by atoms with Crippen molar-refractivity contribution in [3.63, 3.8) is 0 Å². The topological polar surface area (TPSA) is 82.8 Å². The summed E-state index contributed by atoms with van der Waals surface area (Å²) < 4.78 is 2.14. The summed E-state index contributed by atoms with van der Waals surface area (Å²) in [5.41, 5.74) is 20.5. The average molecular weight is 496 g/mol. The van der Waals surface area contributed by atoms with Crippen LogP contribution >= 0.6 is 0 Å². The zero-order valence-electron chi connectivity index (χ0n) is 21.3. The molecule has 4 aromatic carbocycles. The first-order valence-electron chi connectivity index (χ1n) is 12.7. The molecule has 0 unspecified atom stereocenters. The van der Waals surface area contributed by atoms with Crippen LogP contribution in [0.3, 0.4) is 0 Å². The summed E-state index contributed by atoms with van der Waals surface area (Å²) >= 11 is 0. The highest BCUT2D eigenvalue weighted by atomic mass is 15.3. The smallest absolute Gasteiger partial charge is 0.138 e. The number of aryl methyl sites for hydroxylation is 1. The summed E-state index contributed by atoms with van der Waals surface area (Å²) in [6.45, 7) is 2.34. The number of aromatic nitrogens is 3. The Bertz CT molecular complexity index is 1610. The number of anilines is 1. The van der Waals surface area contributed by atoms with Crippen LogP contribution < -0.4 is 11.5 Å². The first kappa shape index (κ1) is 23.6. The molecule has 0 fully saturated rings. The van der Waals surface area contributed by atoms with Crippen molar-refractivity contribution in [1.82, 2.24) is 14.8 Å². The van der Waals surface area contributed by atoms with E-state index in [1.165, 1.54) is 0 Å². The number of hydrogen-bond donors (Lipinski definition) is 2. The van der Waals surface area contributed by atoms with Gasteiger partial charge in [-0.1, -0.05) is 91.0 Å². The van der Waals surface area contributed by atoms with Gasteiger partial charge in [0.05, 0.1) is 5.52 Å². The molecule has 2 heterocycles. The van der Waals surface area contributed by atoms with Crippen molar-refractivity contribution in [2.75, 3.05) is 5.73 Å². The Morgan fingerprint density at radius 1 is 0.737 bits per heavy atom. The van der Waals surface area contributed by atoms with Gasteiger partial charge in [0.15, 0.2) is 0 Å². The predicted octanol–water partition coefficient (Wildman–Crippen LogP) is 6.29. The Hall–Kier alpha value is -4.74. The van der Waals surface area contributed by atoms with Crippen molar-refractivity contribution in [1.29, 1.82) is 0 Å². The monoisotopic (exact) mass is 495 g/mol. The molecule has 4 N–H and O–H groups in total. The van der Waals surface area contributed by atoms with E-state index < -0.39 is 5.54 Å². The van der Waals surface area contributed by atoms with Crippen LogP contribution in [0.4, 0.5) is 5.69 Å². The summed E-state index contributed by atoms with van der Waals surface area (Å²) in [6, 6.07) is 39.8. The Morgan fingerprint density at radius 3 is 1.79 bits per heavy atom. The molecule has 2 aromatic heterocycles. The molecule has 6 rings (SSSR count). The Kier molecular flexibility index (Phi) is 5.98. The molecule has 5 heteroatoms. The van der Waals surface area contributed by atoms with Gasteiger partial charge >= 0.3 is 0 Å². The fraction of sp³-hybridized carbons (Fsp3) is 0.0909. The summed E-state index contributed by atoms with van der Waals surface area (Å²) in [5.74, 6) is 0. The van der Waals surface area contributed by atoms with Crippen molar-refractivity contribution >= 4 is 16.6 Å². The number of fused-ring (bicyclic) bond motifs is 1. The lowest BCUT2D eigenvalue weighted by Gasteiger charge is -2.37. The molecule has 5 nitrogen and oxygen atoms in total. The van der Waals surface area contributed by atoms with Crippen molar-refractivity contribution in [3.05, 3.63) is 149 Å².